The molecule has 0 spiro atoms. The average molecular weight is 292 g/mol. The molecular formula is C15H14ClNOS. The molecule has 3 rings (SSSR count). The SMILES string of the molecule is O=C(Cc1ccc(Cl)cc1)N1CCc2sccc2C1. The number of fused-ring (bicyclic) bond motifs is 1. The maximum atomic E-state index is 12.3. The van der Waals surface area contributed by atoms with Crippen molar-refractivity contribution in [2.75, 3.05) is 6.54 Å². The van der Waals surface area contributed by atoms with E-state index in [-0.39, 0.29) is 5.91 Å². The zero-order chi connectivity index (χ0) is 13.2. The Morgan fingerprint density at radius 3 is 2.84 bits per heavy atom. The van der Waals surface area contributed by atoms with Crippen molar-refractivity contribution in [2.24, 2.45) is 0 Å². The third kappa shape index (κ3) is 2.82. The molecule has 0 saturated carbocycles. The molecule has 98 valence electrons. The van der Waals surface area contributed by atoms with Gasteiger partial charge in [-0.3, -0.25) is 4.79 Å². The minimum atomic E-state index is 0.194. The van der Waals surface area contributed by atoms with Crippen molar-refractivity contribution >= 4 is 28.8 Å². The molecule has 0 radical (unpaired) electrons. The van der Waals surface area contributed by atoms with Crippen LogP contribution in [0.4, 0.5) is 0 Å². The van der Waals surface area contributed by atoms with Gasteiger partial charge in [0.15, 0.2) is 0 Å². The second-order valence-corrected chi connectivity index (χ2v) is 6.17. The van der Waals surface area contributed by atoms with E-state index in [0.717, 1.165) is 25.1 Å². The Bertz CT molecular complexity index is 590. The lowest BCUT2D eigenvalue weighted by Gasteiger charge is -2.27. The van der Waals surface area contributed by atoms with Crippen LogP contribution >= 0.6 is 22.9 Å². The van der Waals surface area contributed by atoms with E-state index in [2.05, 4.69) is 11.4 Å². The molecule has 4 heteroatoms. The van der Waals surface area contributed by atoms with Crippen LogP contribution < -0.4 is 0 Å². The van der Waals surface area contributed by atoms with Crippen LogP contribution in [0, 0.1) is 0 Å². The maximum Gasteiger partial charge on any atom is 0.227 e. The summed E-state index contributed by atoms with van der Waals surface area (Å²) >= 11 is 7.64. The molecule has 1 aliphatic rings. The van der Waals surface area contributed by atoms with Crippen LogP contribution in [0.15, 0.2) is 35.7 Å². The molecule has 2 nitrogen and oxygen atoms in total. The van der Waals surface area contributed by atoms with E-state index < -0.39 is 0 Å². The first kappa shape index (κ1) is 12.7. The van der Waals surface area contributed by atoms with Crippen LogP contribution in [-0.4, -0.2) is 17.4 Å². The fourth-order valence-electron chi connectivity index (χ4n) is 2.35. The second kappa shape index (κ2) is 5.35. The first-order chi connectivity index (χ1) is 9.22. The van der Waals surface area contributed by atoms with E-state index in [1.807, 2.05) is 29.2 Å². The van der Waals surface area contributed by atoms with Gasteiger partial charge in [-0.2, -0.15) is 0 Å². The Morgan fingerprint density at radius 2 is 2.05 bits per heavy atom. The van der Waals surface area contributed by atoms with Crippen molar-refractivity contribution in [3.05, 3.63) is 56.7 Å². The van der Waals surface area contributed by atoms with Crippen molar-refractivity contribution in [2.45, 2.75) is 19.4 Å². The summed E-state index contributed by atoms with van der Waals surface area (Å²) in [6, 6.07) is 9.62. The van der Waals surface area contributed by atoms with Crippen LogP contribution in [0.1, 0.15) is 16.0 Å². The zero-order valence-corrected chi connectivity index (χ0v) is 12.0. The number of carbonyl (C=O) groups is 1. The maximum absolute atomic E-state index is 12.3. The Labute approximate surface area is 121 Å². The second-order valence-electron chi connectivity index (χ2n) is 4.74. The molecule has 0 atom stereocenters. The fraction of sp³-hybridized carbons (Fsp3) is 0.267. The molecule has 0 aliphatic carbocycles. The Balaban J connectivity index is 1.67. The fourth-order valence-corrected chi connectivity index (χ4v) is 3.37. The summed E-state index contributed by atoms with van der Waals surface area (Å²) in [4.78, 5) is 15.7. The van der Waals surface area contributed by atoms with Crippen molar-refractivity contribution in [3.63, 3.8) is 0 Å². The number of rotatable bonds is 2. The number of benzene rings is 1. The smallest absolute Gasteiger partial charge is 0.227 e. The molecule has 1 aromatic carbocycles. The minimum absolute atomic E-state index is 0.194. The standard InChI is InChI=1S/C15H14ClNOS/c16-13-3-1-11(2-4-13)9-15(18)17-7-5-14-12(10-17)6-8-19-14/h1-4,6,8H,5,7,9-10H2. The largest absolute Gasteiger partial charge is 0.338 e. The van der Waals surface area contributed by atoms with Crippen molar-refractivity contribution < 1.29 is 4.79 Å². The molecule has 19 heavy (non-hydrogen) atoms. The number of halogens is 1. The summed E-state index contributed by atoms with van der Waals surface area (Å²) in [5.41, 5.74) is 2.33. The van der Waals surface area contributed by atoms with Gasteiger partial charge >= 0.3 is 0 Å². The minimum Gasteiger partial charge on any atom is -0.338 e. The summed E-state index contributed by atoms with van der Waals surface area (Å²) in [7, 11) is 0. The van der Waals surface area contributed by atoms with Crippen molar-refractivity contribution in [3.8, 4) is 0 Å². The molecule has 0 N–H and O–H groups in total. The predicted octanol–water partition coefficient (Wildman–Crippen LogP) is 3.53. The number of thiophene rings is 1. The number of hydrogen-bond donors (Lipinski definition) is 0. The number of nitrogens with zero attached hydrogens (tertiary/aromatic N) is 1. The van der Waals surface area contributed by atoms with E-state index in [1.54, 1.807) is 11.3 Å². The molecule has 1 aromatic heterocycles. The number of hydrogen-bond acceptors (Lipinski definition) is 2. The average Bonchev–Trinajstić information content (AvgIpc) is 2.88. The van der Waals surface area contributed by atoms with Gasteiger partial charge in [0, 0.05) is 23.0 Å². The van der Waals surface area contributed by atoms with Crippen LogP contribution in [0.5, 0.6) is 0 Å². The first-order valence-corrected chi connectivity index (χ1v) is 7.55. The zero-order valence-electron chi connectivity index (χ0n) is 10.4. The van der Waals surface area contributed by atoms with E-state index >= 15 is 0 Å². The summed E-state index contributed by atoms with van der Waals surface area (Å²) in [5.74, 6) is 0.194. The van der Waals surface area contributed by atoms with Gasteiger partial charge in [0.05, 0.1) is 6.42 Å². The van der Waals surface area contributed by atoms with Gasteiger partial charge in [-0.25, -0.2) is 0 Å². The quantitative estimate of drug-likeness (QED) is 0.829. The lowest BCUT2D eigenvalue weighted by Crippen LogP contribution is -2.36. The molecule has 1 amide bonds. The van der Waals surface area contributed by atoms with E-state index in [9.17, 15) is 4.79 Å². The molecule has 1 aliphatic heterocycles. The molecule has 0 saturated heterocycles. The summed E-state index contributed by atoms with van der Waals surface area (Å²) in [6.07, 6.45) is 1.44. The molecule has 2 aromatic rings. The first-order valence-electron chi connectivity index (χ1n) is 6.30. The summed E-state index contributed by atoms with van der Waals surface area (Å²) < 4.78 is 0. The highest BCUT2D eigenvalue weighted by Crippen LogP contribution is 2.24. The van der Waals surface area contributed by atoms with E-state index in [1.165, 1.54) is 10.4 Å². The van der Waals surface area contributed by atoms with E-state index in [4.69, 9.17) is 11.6 Å². The van der Waals surface area contributed by atoms with Gasteiger partial charge in [0.25, 0.3) is 0 Å². The van der Waals surface area contributed by atoms with Crippen LogP contribution in [0.3, 0.4) is 0 Å². The normalized spacial score (nSPS) is 14.3. The molecule has 2 heterocycles. The highest BCUT2D eigenvalue weighted by molar-refractivity contribution is 7.10. The topological polar surface area (TPSA) is 20.3 Å². The summed E-state index contributed by atoms with van der Waals surface area (Å²) in [5, 5.41) is 2.81. The lowest BCUT2D eigenvalue weighted by atomic mass is 10.1. The lowest BCUT2D eigenvalue weighted by molar-refractivity contribution is -0.131. The van der Waals surface area contributed by atoms with Crippen LogP contribution in [-0.2, 0) is 24.2 Å². The van der Waals surface area contributed by atoms with Gasteiger partial charge in [0.1, 0.15) is 0 Å². The van der Waals surface area contributed by atoms with Crippen LogP contribution in [0.2, 0.25) is 5.02 Å². The molecule has 0 fully saturated rings. The molecule has 0 unspecified atom stereocenters. The van der Waals surface area contributed by atoms with Gasteiger partial charge in [-0.1, -0.05) is 23.7 Å². The molecule has 0 bridgehead atoms. The Hall–Kier alpha value is -1.32. The monoisotopic (exact) mass is 291 g/mol. The van der Waals surface area contributed by atoms with Gasteiger partial charge in [-0.15, -0.1) is 11.3 Å². The van der Waals surface area contributed by atoms with Crippen molar-refractivity contribution in [1.82, 2.24) is 4.90 Å². The third-order valence-electron chi connectivity index (χ3n) is 3.43. The number of carbonyl (C=O) groups excluding carboxylic acids is 1. The molecular weight excluding hydrogens is 278 g/mol. The Kier molecular flexibility index (Phi) is 3.58. The van der Waals surface area contributed by atoms with Crippen LogP contribution in [0.25, 0.3) is 0 Å². The summed E-state index contributed by atoms with van der Waals surface area (Å²) in [6.45, 7) is 1.59. The third-order valence-corrected chi connectivity index (χ3v) is 4.70. The van der Waals surface area contributed by atoms with Gasteiger partial charge in [-0.05, 0) is 41.1 Å². The van der Waals surface area contributed by atoms with E-state index in [0.29, 0.717) is 11.4 Å². The van der Waals surface area contributed by atoms with Gasteiger partial charge in [0.2, 0.25) is 5.91 Å². The Morgan fingerprint density at radius 1 is 1.26 bits per heavy atom. The van der Waals surface area contributed by atoms with Gasteiger partial charge < -0.3 is 4.90 Å². The number of amides is 1. The predicted molar refractivity (Wildman–Crippen MR) is 78.6 cm³/mol. The van der Waals surface area contributed by atoms with Crippen molar-refractivity contribution in [1.29, 1.82) is 0 Å². The highest BCUT2D eigenvalue weighted by Gasteiger charge is 2.21. The highest BCUT2D eigenvalue weighted by atomic mass is 35.5.